The Kier molecular flexibility index (Phi) is 5.44. The summed E-state index contributed by atoms with van der Waals surface area (Å²) in [5, 5.41) is 6.82. The molecule has 2 N–H and O–H groups in total. The Balaban J connectivity index is 2.05. The Morgan fingerprint density at radius 2 is 2.05 bits per heavy atom. The summed E-state index contributed by atoms with van der Waals surface area (Å²) < 4.78 is 7.24. The van der Waals surface area contributed by atoms with Gasteiger partial charge in [-0.05, 0) is 37.1 Å². The zero-order valence-corrected chi connectivity index (χ0v) is 13.7. The lowest BCUT2D eigenvalue weighted by atomic mass is 10.2. The van der Waals surface area contributed by atoms with E-state index in [0.717, 1.165) is 17.6 Å². The first-order valence-electron chi connectivity index (χ1n) is 7.65. The highest BCUT2D eigenvalue weighted by molar-refractivity contribution is 5.93. The van der Waals surface area contributed by atoms with E-state index in [9.17, 15) is 4.79 Å². The third kappa shape index (κ3) is 4.24. The molecule has 1 unspecified atom stereocenters. The minimum atomic E-state index is -0.217. The van der Waals surface area contributed by atoms with E-state index >= 15 is 0 Å². The second-order valence-electron chi connectivity index (χ2n) is 6.09. The topological polar surface area (TPSA) is 55.3 Å². The van der Waals surface area contributed by atoms with Crippen molar-refractivity contribution < 1.29 is 9.53 Å². The van der Waals surface area contributed by atoms with Crippen molar-refractivity contribution in [2.45, 2.75) is 33.4 Å². The van der Waals surface area contributed by atoms with Crippen molar-refractivity contribution >= 4 is 22.6 Å². The largest absolute Gasteiger partial charge is 0.383 e. The molecule has 1 aromatic heterocycles. The van der Waals surface area contributed by atoms with Gasteiger partial charge in [-0.1, -0.05) is 13.8 Å². The molecular weight excluding hydrogens is 278 g/mol. The van der Waals surface area contributed by atoms with Gasteiger partial charge in [-0.3, -0.25) is 0 Å². The molecule has 2 amide bonds. The molecule has 0 fully saturated rings. The number of carbonyl (C=O) groups is 1. The highest BCUT2D eigenvalue weighted by atomic mass is 16.5. The number of amides is 2. The summed E-state index contributed by atoms with van der Waals surface area (Å²) in [4.78, 5) is 11.9. The molecule has 0 aliphatic rings. The van der Waals surface area contributed by atoms with Gasteiger partial charge >= 0.3 is 6.03 Å². The van der Waals surface area contributed by atoms with Gasteiger partial charge in [-0.25, -0.2) is 4.79 Å². The van der Waals surface area contributed by atoms with Crippen LogP contribution in [0.1, 0.15) is 20.8 Å². The lowest BCUT2D eigenvalue weighted by Gasteiger charge is -2.14. The standard InChI is InChI=1S/C17H25N3O2/c1-12(2)10-20-8-7-14-9-15(5-6-16(14)20)19-17(21)18-13(3)11-22-4/h5-9,12-13H,10-11H2,1-4H3,(H2,18,19,21). The van der Waals surface area contributed by atoms with E-state index in [1.54, 1.807) is 7.11 Å². The SMILES string of the molecule is COCC(C)NC(=O)Nc1ccc2c(ccn2CC(C)C)c1. The Labute approximate surface area is 131 Å². The van der Waals surface area contributed by atoms with Gasteiger partial charge in [0.05, 0.1) is 12.6 Å². The van der Waals surface area contributed by atoms with Crippen LogP contribution in [0.25, 0.3) is 10.9 Å². The molecule has 2 rings (SSSR count). The molecule has 5 nitrogen and oxygen atoms in total. The summed E-state index contributed by atoms with van der Waals surface area (Å²) >= 11 is 0. The quantitative estimate of drug-likeness (QED) is 0.858. The van der Waals surface area contributed by atoms with Crippen LogP contribution in [0.15, 0.2) is 30.5 Å². The summed E-state index contributed by atoms with van der Waals surface area (Å²) in [5.74, 6) is 0.599. The zero-order chi connectivity index (χ0) is 16.1. The van der Waals surface area contributed by atoms with Crippen LogP contribution in [0.4, 0.5) is 10.5 Å². The van der Waals surface area contributed by atoms with Crippen molar-refractivity contribution in [2.75, 3.05) is 19.0 Å². The van der Waals surface area contributed by atoms with Crippen LogP contribution < -0.4 is 10.6 Å². The number of hydrogen-bond acceptors (Lipinski definition) is 2. The minimum Gasteiger partial charge on any atom is -0.383 e. The molecule has 2 aromatic rings. The molecule has 0 radical (unpaired) electrons. The van der Waals surface area contributed by atoms with Crippen LogP contribution in [0, 0.1) is 5.92 Å². The number of benzene rings is 1. The lowest BCUT2D eigenvalue weighted by Crippen LogP contribution is -2.38. The Morgan fingerprint density at radius 3 is 2.73 bits per heavy atom. The van der Waals surface area contributed by atoms with Crippen LogP contribution in [0.5, 0.6) is 0 Å². The molecule has 0 bridgehead atoms. The summed E-state index contributed by atoms with van der Waals surface area (Å²) in [6.07, 6.45) is 2.09. The number of nitrogens with one attached hydrogen (secondary N) is 2. The number of ether oxygens (including phenoxy) is 1. The highest BCUT2D eigenvalue weighted by Gasteiger charge is 2.08. The van der Waals surface area contributed by atoms with E-state index in [1.807, 2.05) is 25.1 Å². The summed E-state index contributed by atoms with van der Waals surface area (Å²) in [7, 11) is 1.62. The highest BCUT2D eigenvalue weighted by Crippen LogP contribution is 2.21. The Morgan fingerprint density at radius 1 is 1.27 bits per heavy atom. The third-order valence-electron chi connectivity index (χ3n) is 3.38. The molecule has 120 valence electrons. The van der Waals surface area contributed by atoms with Gasteiger partial charge in [0, 0.05) is 36.4 Å². The fourth-order valence-corrected chi connectivity index (χ4v) is 2.51. The number of methoxy groups -OCH3 is 1. The molecule has 0 aliphatic carbocycles. The van der Waals surface area contributed by atoms with Crippen molar-refractivity contribution in [3.05, 3.63) is 30.5 Å². The molecule has 5 heteroatoms. The molecule has 22 heavy (non-hydrogen) atoms. The summed E-state index contributed by atoms with van der Waals surface area (Å²) in [6.45, 7) is 7.79. The van der Waals surface area contributed by atoms with Crippen LogP contribution in [0.3, 0.4) is 0 Å². The number of carbonyl (C=O) groups excluding carboxylic acids is 1. The van der Waals surface area contributed by atoms with Crippen molar-refractivity contribution in [3.63, 3.8) is 0 Å². The van der Waals surface area contributed by atoms with Crippen LogP contribution in [-0.4, -0.2) is 30.4 Å². The average molecular weight is 303 g/mol. The predicted molar refractivity (Wildman–Crippen MR) is 90.3 cm³/mol. The number of nitrogens with zero attached hydrogens (tertiary/aromatic N) is 1. The number of anilines is 1. The van der Waals surface area contributed by atoms with E-state index in [-0.39, 0.29) is 12.1 Å². The van der Waals surface area contributed by atoms with Crippen LogP contribution in [0.2, 0.25) is 0 Å². The molecule has 1 heterocycles. The van der Waals surface area contributed by atoms with Gasteiger partial charge < -0.3 is 19.9 Å². The second kappa shape index (κ2) is 7.31. The summed E-state index contributed by atoms with van der Waals surface area (Å²) in [5.41, 5.74) is 1.98. The van der Waals surface area contributed by atoms with Gasteiger partial charge in [0.1, 0.15) is 0 Å². The van der Waals surface area contributed by atoms with Crippen molar-refractivity contribution in [3.8, 4) is 0 Å². The number of rotatable bonds is 6. The van der Waals surface area contributed by atoms with Gasteiger partial charge in [0.15, 0.2) is 0 Å². The number of urea groups is 1. The predicted octanol–water partition coefficient (Wildman–Crippen LogP) is 3.45. The second-order valence-corrected chi connectivity index (χ2v) is 6.09. The zero-order valence-electron chi connectivity index (χ0n) is 13.7. The average Bonchev–Trinajstić information content (AvgIpc) is 2.80. The molecule has 0 saturated heterocycles. The Bertz CT molecular complexity index is 634. The molecule has 0 saturated carbocycles. The van der Waals surface area contributed by atoms with Gasteiger partial charge in [-0.15, -0.1) is 0 Å². The van der Waals surface area contributed by atoms with Gasteiger partial charge in [0.2, 0.25) is 0 Å². The fraction of sp³-hybridized carbons (Fsp3) is 0.471. The first-order valence-corrected chi connectivity index (χ1v) is 7.65. The van der Waals surface area contributed by atoms with Crippen LogP contribution in [-0.2, 0) is 11.3 Å². The molecule has 1 aromatic carbocycles. The van der Waals surface area contributed by atoms with Crippen molar-refractivity contribution in [2.24, 2.45) is 5.92 Å². The summed E-state index contributed by atoms with van der Waals surface area (Å²) in [6, 6.07) is 7.80. The lowest BCUT2D eigenvalue weighted by molar-refractivity contribution is 0.173. The molecule has 1 atom stereocenters. The smallest absolute Gasteiger partial charge is 0.319 e. The van der Waals surface area contributed by atoms with E-state index in [1.165, 1.54) is 5.52 Å². The van der Waals surface area contributed by atoms with E-state index < -0.39 is 0 Å². The number of aromatic nitrogens is 1. The normalized spacial score (nSPS) is 12.6. The number of hydrogen-bond donors (Lipinski definition) is 2. The number of fused-ring (bicyclic) bond motifs is 1. The van der Waals surface area contributed by atoms with E-state index in [0.29, 0.717) is 12.5 Å². The molecule has 0 spiro atoms. The van der Waals surface area contributed by atoms with Gasteiger partial charge in [0.25, 0.3) is 0 Å². The first-order chi connectivity index (χ1) is 10.5. The first kappa shape index (κ1) is 16.4. The molecule has 0 aliphatic heterocycles. The van der Waals surface area contributed by atoms with Crippen molar-refractivity contribution in [1.29, 1.82) is 0 Å². The third-order valence-corrected chi connectivity index (χ3v) is 3.38. The fourth-order valence-electron chi connectivity index (χ4n) is 2.51. The van der Waals surface area contributed by atoms with Gasteiger partial charge in [-0.2, -0.15) is 0 Å². The Hall–Kier alpha value is -2.01. The maximum absolute atomic E-state index is 11.9. The van der Waals surface area contributed by atoms with Crippen molar-refractivity contribution in [1.82, 2.24) is 9.88 Å². The van der Waals surface area contributed by atoms with E-state index in [2.05, 4.69) is 41.3 Å². The van der Waals surface area contributed by atoms with Crippen LogP contribution >= 0.6 is 0 Å². The minimum absolute atomic E-state index is 0.0270. The maximum atomic E-state index is 11.9. The monoisotopic (exact) mass is 303 g/mol. The van der Waals surface area contributed by atoms with E-state index in [4.69, 9.17) is 4.74 Å². The maximum Gasteiger partial charge on any atom is 0.319 e. The molecular formula is C17H25N3O2.